The number of alkyl halides is 3. The van der Waals surface area contributed by atoms with Crippen molar-refractivity contribution in [3.8, 4) is 0 Å². The second-order valence-electron chi connectivity index (χ2n) is 4.60. The van der Waals surface area contributed by atoms with E-state index >= 15 is 0 Å². The lowest BCUT2D eigenvalue weighted by atomic mass is 9.92. The summed E-state index contributed by atoms with van der Waals surface area (Å²) in [6.45, 7) is -0.531. The van der Waals surface area contributed by atoms with Gasteiger partial charge in [-0.25, -0.2) is 0 Å². The van der Waals surface area contributed by atoms with Crippen LogP contribution in [0.4, 0.5) is 13.2 Å². The highest BCUT2D eigenvalue weighted by Crippen LogP contribution is 2.37. The van der Waals surface area contributed by atoms with Crippen LogP contribution in [0.5, 0.6) is 0 Å². The Bertz CT molecular complexity index is 464. The van der Waals surface area contributed by atoms with Crippen LogP contribution in [0.15, 0.2) is 24.5 Å². The number of likely N-dealkylation sites (tertiary alicyclic amines) is 1. The zero-order valence-electron chi connectivity index (χ0n) is 10.0. The maximum atomic E-state index is 12.8. The Morgan fingerprint density at radius 2 is 2.21 bits per heavy atom. The fourth-order valence-electron chi connectivity index (χ4n) is 2.11. The van der Waals surface area contributed by atoms with Crippen molar-refractivity contribution < 1.29 is 23.1 Å². The highest BCUT2D eigenvalue weighted by Gasteiger charge is 2.55. The number of rotatable bonds is 1. The third-order valence-corrected chi connectivity index (χ3v) is 3.19. The molecular formula is C12H13F3N2O2. The zero-order chi connectivity index (χ0) is 14.1. The van der Waals surface area contributed by atoms with Crippen molar-refractivity contribution in [2.24, 2.45) is 0 Å². The number of hydrogen-bond donors (Lipinski definition) is 1. The monoisotopic (exact) mass is 274 g/mol. The van der Waals surface area contributed by atoms with Gasteiger partial charge in [0.1, 0.15) is 0 Å². The zero-order valence-corrected chi connectivity index (χ0v) is 10.0. The van der Waals surface area contributed by atoms with Gasteiger partial charge in [-0.05, 0) is 25.0 Å². The standard InChI is InChI=1S/C12H13F3N2O2/c13-12(14,15)11(19)4-2-6-17(8-11)10(18)9-3-1-5-16-7-9/h1,3,5,7,19H,2,4,6,8H2. The van der Waals surface area contributed by atoms with Gasteiger partial charge in [-0.3, -0.25) is 9.78 Å². The third-order valence-electron chi connectivity index (χ3n) is 3.19. The van der Waals surface area contributed by atoms with Crippen LogP contribution >= 0.6 is 0 Å². The summed E-state index contributed by atoms with van der Waals surface area (Å²) in [5.74, 6) is -0.546. The molecule has 1 aliphatic heterocycles. The van der Waals surface area contributed by atoms with E-state index in [0.717, 1.165) is 4.90 Å². The summed E-state index contributed by atoms with van der Waals surface area (Å²) in [5, 5.41) is 9.64. The number of aliphatic hydroxyl groups is 1. The van der Waals surface area contributed by atoms with Gasteiger partial charge in [-0.1, -0.05) is 0 Å². The Kier molecular flexibility index (Phi) is 3.49. The number of amides is 1. The third kappa shape index (κ3) is 2.70. The lowest BCUT2D eigenvalue weighted by Crippen LogP contribution is -2.58. The Morgan fingerprint density at radius 1 is 1.47 bits per heavy atom. The highest BCUT2D eigenvalue weighted by atomic mass is 19.4. The maximum absolute atomic E-state index is 12.8. The van der Waals surface area contributed by atoms with E-state index < -0.39 is 24.2 Å². The number of hydrogen-bond acceptors (Lipinski definition) is 3. The highest BCUT2D eigenvalue weighted by molar-refractivity contribution is 5.94. The van der Waals surface area contributed by atoms with Gasteiger partial charge >= 0.3 is 6.18 Å². The number of carbonyl (C=O) groups excluding carboxylic acids is 1. The van der Waals surface area contributed by atoms with Crippen molar-refractivity contribution in [2.45, 2.75) is 24.6 Å². The van der Waals surface area contributed by atoms with Crippen LogP contribution in [0.25, 0.3) is 0 Å². The lowest BCUT2D eigenvalue weighted by molar-refractivity contribution is -0.271. The number of nitrogens with zero attached hydrogens (tertiary/aromatic N) is 2. The van der Waals surface area contributed by atoms with Crippen LogP contribution < -0.4 is 0 Å². The molecule has 0 saturated carbocycles. The van der Waals surface area contributed by atoms with Crippen molar-refractivity contribution in [3.05, 3.63) is 30.1 Å². The molecule has 1 fully saturated rings. The molecule has 7 heteroatoms. The van der Waals surface area contributed by atoms with Crippen LogP contribution in [-0.2, 0) is 0 Å². The van der Waals surface area contributed by atoms with Crippen LogP contribution in [0, 0.1) is 0 Å². The molecule has 1 amide bonds. The summed E-state index contributed by atoms with van der Waals surface area (Å²) in [4.78, 5) is 16.8. The van der Waals surface area contributed by atoms with Crippen LogP contribution in [0.3, 0.4) is 0 Å². The van der Waals surface area contributed by atoms with E-state index in [1.165, 1.54) is 24.5 Å². The van der Waals surface area contributed by atoms with E-state index in [1.54, 1.807) is 0 Å². The lowest BCUT2D eigenvalue weighted by Gasteiger charge is -2.40. The average molecular weight is 274 g/mol. The summed E-state index contributed by atoms with van der Waals surface area (Å²) >= 11 is 0. The number of piperidine rings is 1. The van der Waals surface area contributed by atoms with E-state index in [4.69, 9.17) is 0 Å². The summed E-state index contributed by atoms with van der Waals surface area (Å²) in [6, 6.07) is 3.02. The number of aromatic nitrogens is 1. The number of halogens is 3. The fourth-order valence-corrected chi connectivity index (χ4v) is 2.11. The normalized spacial score (nSPS) is 24.3. The van der Waals surface area contributed by atoms with Crippen molar-refractivity contribution >= 4 is 5.91 Å². The number of β-amino-alcohol motifs (C(OH)–C–C–N with tert-alkyl or cyclic N) is 1. The predicted octanol–water partition coefficient (Wildman–Crippen LogP) is 1.61. The molecule has 1 unspecified atom stereocenters. The minimum Gasteiger partial charge on any atom is -0.379 e. The Hall–Kier alpha value is -1.63. The second kappa shape index (κ2) is 4.80. The first-order valence-electron chi connectivity index (χ1n) is 5.82. The Labute approximate surface area is 107 Å². The van der Waals surface area contributed by atoms with Gasteiger partial charge in [0.2, 0.25) is 0 Å². The molecule has 19 heavy (non-hydrogen) atoms. The quantitative estimate of drug-likeness (QED) is 0.846. The summed E-state index contributed by atoms with van der Waals surface area (Å²) in [7, 11) is 0. The molecule has 1 aromatic heterocycles. The molecule has 1 atom stereocenters. The van der Waals surface area contributed by atoms with Gasteiger partial charge in [-0.15, -0.1) is 0 Å². The van der Waals surface area contributed by atoms with E-state index in [2.05, 4.69) is 4.98 Å². The topological polar surface area (TPSA) is 53.4 Å². The fraction of sp³-hybridized carbons (Fsp3) is 0.500. The van der Waals surface area contributed by atoms with Crippen LogP contribution in [0.2, 0.25) is 0 Å². The Balaban J connectivity index is 2.16. The summed E-state index contributed by atoms with van der Waals surface area (Å²) < 4.78 is 38.3. The second-order valence-corrected chi connectivity index (χ2v) is 4.60. The SMILES string of the molecule is O=C(c1cccnc1)N1CCCC(O)(C(F)(F)F)C1. The van der Waals surface area contributed by atoms with E-state index in [9.17, 15) is 23.1 Å². The largest absolute Gasteiger partial charge is 0.418 e. The van der Waals surface area contributed by atoms with Crippen molar-refractivity contribution in [1.82, 2.24) is 9.88 Å². The molecule has 2 rings (SSSR count). The summed E-state index contributed by atoms with van der Waals surface area (Å²) in [5.41, 5.74) is -2.60. The number of pyridine rings is 1. The van der Waals surface area contributed by atoms with E-state index in [0.29, 0.717) is 0 Å². The smallest absolute Gasteiger partial charge is 0.379 e. The summed E-state index contributed by atoms with van der Waals surface area (Å²) in [6.07, 6.45) is -2.24. The molecule has 0 aromatic carbocycles. The minimum absolute atomic E-state index is 0.113. The van der Waals surface area contributed by atoms with Crippen molar-refractivity contribution in [2.75, 3.05) is 13.1 Å². The van der Waals surface area contributed by atoms with Gasteiger partial charge < -0.3 is 10.0 Å². The van der Waals surface area contributed by atoms with Gasteiger partial charge in [0.15, 0.2) is 5.60 Å². The molecule has 0 bridgehead atoms. The maximum Gasteiger partial charge on any atom is 0.418 e. The number of carbonyl (C=O) groups is 1. The van der Waals surface area contributed by atoms with E-state index in [-0.39, 0.29) is 24.9 Å². The first kappa shape index (κ1) is 13.8. The van der Waals surface area contributed by atoms with Gasteiger partial charge in [0.05, 0.1) is 12.1 Å². The van der Waals surface area contributed by atoms with Crippen molar-refractivity contribution in [3.63, 3.8) is 0 Å². The average Bonchev–Trinajstić information content (AvgIpc) is 2.38. The molecule has 1 N–H and O–H groups in total. The molecular weight excluding hydrogens is 261 g/mol. The molecule has 2 heterocycles. The molecule has 104 valence electrons. The first-order valence-corrected chi connectivity index (χ1v) is 5.82. The molecule has 0 spiro atoms. The molecule has 0 radical (unpaired) electrons. The van der Waals surface area contributed by atoms with Crippen LogP contribution in [0.1, 0.15) is 23.2 Å². The van der Waals surface area contributed by atoms with Crippen molar-refractivity contribution in [1.29, 1.82) is 0 Å². The molecule has 1 saturated heterocycles. The predicted molar refractivity (Wildman–Crippen MR) is 60.4 cm³/mol. The Morgan fingerprint density at radius 3 is 2.79 bits per heavy atom. The van der Waals surface area contributed by atoms with Gasteiger partial charge in [0.25, 0.3) is 5.91 Å². The molecule has 1 aromatic rings. The molecule has 0 aliphatic carbocycles. The minimum atomic E-state index is -4.74. The molecule has 1 aliphatic rings. The van der Waals surface area contributed by atoms with Gasteiger partial charge in [-0.2, -0.15) is 13.2 Å². The molecule has 4 nitrogen and oxygen atoms in total. The first-order chi connectivity index (χ1) is 8.83. The van der Waals surface area contributed by atoms with Crippen LogP contribution in [-0.4, -0.2) is 45.8 Å². The van der Waals surface area contributed by atoms with E-state index in [1.807, 2.05) is 0 Å². The van der Waals surface area contributed by atoms with Gasteiger partial charge in [0, 0.05) is 18.9 Å².